The molecule has 0 radical (unpaired) electrons. The van der Waals surface area contributed by atoms with Crippen molar-refractivity contribution in [3.05, 3.63) is 53.6 Å². The van der Waals surface area contributed by atoms with E-state index in [1.54, 1.807) is 26.4 Å². The van der Waals surface area contributed by atoms with Crippen LogP contribution in [0.25, 0.3) is 0 Å². The van der Waals surface area contributed by atoms with Crippen molar-refractivity contribution in [1.82, 2.24) is 5.32 Å². The summed E-state index contributed by atoms with van der Waals surface area (Å²) < 4.78 is 21.0. The van der Waals surface area contributed by atoms with Gasteiger partial charge in [0.15, 0.2) is 18.1 Å². The van der Waals surface area contributed by atoms with Crippen molar-refractivity contribution in [3.63, 3.8) is 0 Å². The van der Waals surface area contributed by atoms with E-state index in [4.69, 9.17) is 18.9 Å². The quantitative estimate of drug-likeness (QED) is 0.583. The van der Waals surface area contributed by atoms with Crippen LogP contribution in [0.2, 0.25) is 0 Å². The van der Waals surface area contributed by atoms with E-state index in [1.165, 1.54) is 0 Å². The maximum atomic E-state index is 11.9. The topological polar surface area (TPSA) is 83.1 Å². The zero-order valence-electron chi connectivity index (χ0n) is 17.0. The van der Waals surface area contributed by atoms with Crippen molar-refractivity contribution in [3.8, 4) is 17.2 Å². The maximum Gasteiger partial charge on any atom is 0.306 e. The van der Waals surface area contributed by atoms with Crippen LogP contribution in [-0.2, 0) is 27.3 Å². The number of amides is 1. The number of hydrogen-bond donors (Lipinski definition) is 1. The first kappa shape index (κ1) is 22.1. The summed E-state index contributed by atoms with van der Waals surface area (Å²) >= 11 is 0. The lowest BCUT2D eigenvalue weighted by Gasteiger charge is -2.11. The maximum absolute atomic E-state index is 11.9. The Labute approximate surface area is 170 Å². The average molecular weight is 401 g/mol. The monoisotopic (exact) mass is 401 g/mol. The molecule has 29 heavy (non-hydrogen) atoms. The first-order valence-corrected chi connectivity index (χ1v) is 9.41. The molecular weight excluding hydrogens is 374 g/mol. The van der Waals surface area contributed by atoms with E-state index in [2.05, 4.69) is 5.32 Å². The molecule has 0 aliphatic heterocycles. The third-order valence-electron chi connectivity index (χ3n) is 4.17. The zero-order valence-corrected chi connectivity index (χ0v) is 17.0. The van der Waals surface area contributed by atoms with Gasteiger partial charge in [-0.3, -0.25) is 9.59 Å². The van der Waals surface area contributed by atoms with Crippen molar-refractivity contribution >= 4 is 11.9 Å². The molecule has 2 aromatic carbocycles. The highest BCUT2D eigenvalue weighted by atomic mass is 16.5. The second kappa shape index (κ2) is 11.6. The number of aryl methyl sites for hydroxylation is 1. The summed E-state index contributed by atoms with van der Waals surface area (Å²) in [6.07, 6.45) is 0.662. The lowest BCUT2D eigenvalue weighted by Crippen LogP contribution is -2.28. The van der Waals surface area contributed by atoms with Gasteiger partial charge in [-0.15, -0.1) is 0 Å². The van der Waals surface area contributed by atoms with Gasteiger partial charge in [0.25, 0.3) is 5.91 Å². The molecule has 0 spiro atoms. The molecule has 1 amide bonds. The van der Waals surface area contributed by atoms with Crippen molar-refractivity contribution in [2.45, 2.75) is 26.3 Å². The van der Waals surface area contributed by atoms with Gasteiger partial charge >= 0.3 is 5.97 Å². The van der Waals surface area contributed by atoms with Gasteiger partial charge in [0.2, 0.25) is 0 Å². The molecule has 0 bridgehead atoms. The molecule has 0 aliphatic carbocycles. The fourth-order valence-corrected chi connectivity index (χ4v) is 2.70. The van der Waals surface area contributed by atoms with E-state index in [-0.39, 0.29) is 18.9 Å². The Kier molecular flexibility index (Phi) is 8.82. The molecule has 2 aromatic rings. The summed E-state index contributed by atoms with van der Waals surface area (Å²) in [5.74, 6) is 1.15. The Bertz CT molecular complexity index is 821. The zero-order chi connectivity index (χ0) is 21.1. The molecular formula is C22H27NO6. The number of methoxy groups -OCH3 is 2. The van der Waals surface area contributed by atoms with Gasteiger partial charge in [0.1, 0.15) is 5.75 Å². The number of nitrogens with one attached hydrogen (secondary N) is 1. The van der Waals surface area contributed by atoms with Crippen LogP contribution in [-0.4, -0.2) is 39.3 Å². The number of hydrogen-bond acceptors (Lipinski definition) is 6. The van der Waals surface area contributed by atoms with Gasteiger partial charge in [-0.2, -0.15) is 0 Å². The van der Waals surface area contributed by atoms with E-state index >= 15 is 0 Å². The first-order chi connectivity index (χ1) is 14.1. The van der Waals surface area contributed by atoms with E-state index in [0.717, 1.165) is 16.9 Å². The minimum Gasteiger partial charge on any atom is -0.494 e. The highest BCUT2D eigenvalue weighted by molar-refractivity contribution is 5.80. The molecule has 0 fully saturated rings. The molecule has 0 aromatic heterocycles. The van der Waals surface area contributed by atoms with Gasteiger partial charge in [-0.05, 0) is 42.7 Å². The van der Waals surface area contributed by atoms with Crippen LogP contribution >= 0.6 is 0 Å². The molecule has 1 N–H and O–H groups in total. The van der Waals surface area contributed by atoms with E-state index in [9.17, 15) is 9.59 Å². The van der Waals surface area contributed by atoms with E-state index in [0.29, 0.717) is 31.1 Å². The fourth-order valence-electron chi connectivity index (χ4n) is 2.70. The number of carbonyl (C=O) groups excluding carboxylic acids is 2. The highest BCUT2D eigenvalue weighted by Gasteiger charge is 2.11. The van der Waals surface area contributed by atoms with Gasteiger partial charge in [-0.1, -0.05) is 24.3 Å². The van der Waals surface area contributed by atoms with Crippen LogP contribution in [0.5, 0.6) is 17.2 Å². The molecule has 2 rings (SSSR count). The van der Waals surface area contributed by atoms with Crippen LogP contribution < -0.4 is 19.5 Å². The van der Waals surface area contributed by atoms with Crippen LogP contribution in [0.4, 0.5) is 0 Å². The predicted molar refractivity (Wildman–Crippen MR) is 108 cm³/mol. The number of esters is 1. The molecule has 0 heterocycles. The first-order valence-electron chi connectivity index (χ1n) is 9.41. The van der Waals surface area contributed by atoms with Gasteiger partial charge in [0, 0.05) is 13.0 Å². The Balaban J connectivity index is 1.74. The smallest absolute Gasteiger partial charge is 0.306 e. The Hall–Kier alpha value is -3.22. The molecule has 0 unspecified atom stereocenters. The summed E-state index contributed by atoms with van der Waals surface area (Å²) in [5.41, 5.74) is 1.78. The normalized spacial score (nSPS) is 10.2. The molecule has 0 aliphatic rings. The van der Waals surface area contributed by atoms with Crippen molar-refractivity contribution < 1.29 is 28.5 Å². The molecule has 7 nitrogen and oxygen atoms in total. The predicted octanol–water partition coefficient (Wildman–Crippen LogP) is 2.89. The molecule has 0 saturated carbocycles. The molecule has 156 valence electrons. The minimum atomic E-state index is -0.433. The number of carbonyl (C=O) groups is 2. The summed E-state index contributed by atoms with van der Waals surface area (Å²) in [6, 6.07) is 12.9. The van der Waals surface area contributed by atoms with E-state index < -0.39 is 5.97 Å². The average Bonchev–Trinajstić information content (AvgIpc) is 2.75. The lowest BCUT2D eigenvalue weighted by molar-refractivity contribution is -0.148. The summed E-state index contributed by atoms with van der Waals surface area (Å²) in [5, 5.41) is 2.71. The third-order valence-corrected chi connectivity index (χ3v) is 4.17. The van der Waals surface area contributed by atoms with E-state index in [1.807, 2.05) is 37.3 Å². The van der Waals surface area contributed by atoms with Crippen molar-refractivity contribution in [2.75, 3.05) is 27.4 Å². The Morgan fingerprint density at radius 3 is 2.45 bits per heavy atom. The molecule has 0 saturated heterocycles. The third kappa shape index (κ3) is 7.03. The van der Waals surface area contributed by atoms with Gasteiger partial charge in [-0.25, -0.2) is 0 Å². The fraction of sp³-hybridized carbons (Fsp3) is 0.364. The number of para-hydroxylation sites is 1. The number of rotatable bonds is 11. The van der Waals surface area contributed by atoms with Crippen LogP contribution in [0.3, 0.4) is 0 Å². The van der Waals surface area contributed by atoms with Gasteiger partial charge in [0.05, 0.1) is 20.8 Å². The SMILES string of the molecule is CCOc1ccccc1CCC(=O)OCC(=O)NCc1ccc(OC)c(OC)c1. The van der Waals surface area contributed by atoms with Crippen LogP contribution in [0, 0.1) is 0 Å². The standard InChI is InChI=1S/C22H27NO6/c1-4-28-18-8-6-5-7-17(18)10-12-22(25)29-15-21(24)23-14-16-9-11-19(26-2)20(13-16)27-3/h5-9,11,13H,4,10,12,14-15H2,1-3H3,(H,23,24). The second-order valence-electron chi connectivity index (χ2n) is 6.17. The second-order valence-corrected chi connectivity index (χ2v) is 6.17. The lowest BCUT2D eigenvalue weighted by atomic mass is 10.1. The largest absolute Gasteiger partial charge is 0.494 e. The summed E-state index contributed by atoms with van der Waals surface area (Å²) in [4.78, 5) is 23.9. The van der Waals surface area contributed by atoms with Crippen LogP contribution in [0.15, 0.2) is 42.5 Å². The van der Waals surface area contributed by atoms with Crippen LogP contribution in [0.1, 0.15) is 24.5 Å². The van der Waals surface area contributed by atoms with Crippen molar-refractivity contribution in [2.24, 2.45) is 0 Å². The number of benzene rings is 2. The Morgan fingerprint density at radius 2 is 1.72 bits per heavy atom. The Morgan fingerprint density at radius 1 is 0.966 bits per heavy atom. The number of ether oxygens (including phenoxy) is 4. The molecule has 7 heteroatoms. The van der Waals surface area contributed by atoms with Gasteiger partial charge < -0.3 is 24.3 Å². The van der Waals surface area contributed by atoms with Crippen molar-refractivity contribution in [1.29, 1.82) is 0 Å². The summed E-state index contributed by atoms with van der Waals surface area (Å²) in [6.45, 7) is 2.44. The summed E-state index contributed by atoms with van der Waals surface area (Å²) in [7, 11) is 3.11. The minimum absolute atomic E-state index is 0.174. The highest BCUT2D eigenvalue weighted by Crippen LogP contribution is 2.27. The molecule has 0 atom stereocenters.